The number of carbonyl (C=O) groups excluding carboxylic acids is 2. The molecular weight excluding hydrogens is 524 g/mol. The molecule has 2 aromatic rings. The number of aromatic nitrogens is 1. The Bertz CT molecular complexity index is 1040. The average molecular weight is 573 g/mol. The second kappa shape index (κ2) is 15.6. The van der Waals surface area contributed by atoms with Crippen LogP contribution in [0.2, 0.25) is 0 Å². The first-order chi connectivity index (χ1) is 19.2. The molecule has 3 rings (SSSR count). The molecule has 1 N–H and O–H groups in total. The molecule has 9 heteroatoms. The summed E-state index contributed by atoms with van der Waals surface area (Å²) in [5.41, 5.74) is 1.13. The Morgan fingerprint density at radius 1 is 1.18 bits per heavy atom. The molecular formula is C31H48N4O4S. The first kappa shape index (κ1) is 32.2. The van der Waals surface area contributed by atoms with Crippen LogP contribution in [-0.4, -0.2) is 85.7 Å². The van der Waals surface area contributed by atoms with Crippen molar-refractivity contribution in [3.63, 3.8) is 0 Å². The van der Waals surface area contributed by atoms with Gasteiger partial charge in [-0.25, -0.2) is 4.98 Å². The van der Waals surface area contributed by atoms with Crippen LogP contribution in [0.4, 0.5) is 0 Å². The number of nitrogens with zero attached hydrogens (tertiary/aromatic N) is 3. The molecule has 2 amide bonds. The lowest BCUT2D eigenvalue weighted by Gasteiger charge is -2.38. The van der Waals surface area contributed by atoms with Gasteiger partial charge >= 0.3 is 0 Å². The van der Waals surface area contributed by atoms with Crippen LogP contribution in [0, 0.1) is 11.8 Å². The Hall–Kier alpha value is -2.33. The molecule has 222 valence electrons. The molecule has 7 atom stereocenters. The lowest BCUT2D eigenvalue weighted by atomic mass is 9.90. The van der Waals surface area contributed by atoms with Crippen molar-refractivity contribution in [3.8, 4) is 0 Å². The van der Waals surface area contributed by atoms with E-state index in [0.717, 1.165) is 29.8 Å². The van der Waals surface area contributed by atoms with Gasteiger partial charge in [0, 0.05) is 38.4 Å². The maximum absolute atomic E-state index is 13.7. The zero-order valence-electron chi connectivity index (χ0n) is 25.2. The van der Waals surface area contributed by atoms with Crippen LogP contribution in [0.3, 0.4) is 0 Å². The Morgan fingerprint density at radius 2 is 1.90 bits per heavy atom. The minimum atomic E-state index is -0.450. The summed E-state index contributed by atoms with van der Waals surface area (Å²) < 4.78 is 11.8. The highest BCUT2D eigenvalue weighted by molar-refractivity contribution is 7.09. The van der Waals surface area contributed by atoms with Gasteiger partial charge in [0.25, 0.3) is 0 Å². The summed E-state index contributed by atoms with van der Waals surface area (Å²) in [7, 11) is 7.42. The van der Waals surface area contributed by atoms with Gasteiger partial charge < -0.3 is 24.6 Å². The summed E-state index contributed by atoms with van der Waals surface area (Å²) in [5.74, 6) is -0.0980. The second-order valence-corrected chi connectivity index (χ2v) is 12.2. The van der Waals surface area contributed by atoms with Crippen molar-refractivity contribution < 1.29 is 19.1 Å². The first-order valence-electron chi connectivity index (χ1n) is 14.5. The number of ether oxygens (including phenoxy) is 2. The van der Waals surface area contributed by atoms with Crippen molar-refractivity contribution >= 4 is 23.2 Å². The van der Waals surface area contributed by atoms with Gasteiger partial charge in [0.1, 0.15) is 5.01 Å². The fourth-order valence-corrected chi connectivity index (χ4v) is 6.82. The summed E-state index contributed by atoms with van der Waals surface area (Å²) in [4.78, 5) is 35.9. The highest BCUT2D eigenvalue weighted by atomic mass is 32.1. The van der Waals surface area contributed by atoms with Crippen molar-refractivity contribution in [1.82, 2.24) is 20.1 Å². The number of likely N-dealkylation sites (N-methyl/N-ethyl adjacent to an activating group) is 1. The number of hydrogen-bond acceptors (Lipinski definition) is 7. The highest BCUT2D eigenvalue weighted by Crippen LogP contribution is 2.30. The van der Waals surface area contributed by atoms with Crippen LogP contribution < -0.4 is 5.32 Å². The summed E-state index contributed by atoms with van der Waals surface area (Å²) in [6, 6.07) is 9.85. The Morgan fingerprint density at radius 3 is 2.48 bits per heavy atom. The molecule has 40 heavy (non-hydrogen) atoms. The standard InChI is InChI=1S/C31H48N4O4S/c1-8-21(2)28(34(4)5)26(38-6)20-27(36)35-17-12-15-25(35)29(39-7)22(3)30(37)33-24(31-32-16-18-40-31)19-23-13-10-9-11-14-23/h9-11,13-14,16,18,21-22,24-26,28-29H,8,12,15,17,19-20H2,1-7H3,(H,33,37)/t21-,22+,24-,25-,26+,28-,29+/m0/s1. The minimum Gasteiger partial charge on any atom is -0.379 e. The predicted octanol–water partition coefficient (Wildman–Crippen LogP) is 4.57. The number of nitrogens with one attached hydrogen (secondary N) is 1. The normalized spacial score (nSPS) is 20.1. The van der Waals surface area contributed by atoms with Crippen molar-refractivity contribution in [2.45, 2.75) is 83.2 Å². The van der Waals surface area contributed by atoms with E-state index in [4.69, 9.17) is 9.47 Å². The third kappa shape index (κ3) is 8.12. The van der Waals surface area contributed by atoms with Crippen LogP contribution in [0.25, 0.3) is 0 Å². The van der Waals surface area contributed by atoms with Crippen LogP contribution in [0.15, 0.2) is 41.9 Å². The number of rotatable bonds is 15. The summed E-state index contributed by atoms with van der Waals surface area (Å²) in [6.45, 7) is 6.94. The largest absolute Gasteiger partial charge is 0.379 e. The van der Waals surface area contributed by atoms with E-state index in [9.17, 15) is 9.59 Å². The van der Waals surface area contributed by atoms with E-state index in [1.165, 1.54) is 11.3 Å². The zero-order chi connectivity index (χ0) is 29.2. The van der Waals surface area contributed by atoms with E-state index in [1.807, 2.05) is 49.5 Å². The van der Waals surface area contributed by atoms with Crippen molar-refractivity contribution in [1.29, 1.82) is 0 Å². The number of carbonyl (C=O) groups is 2. The van der Waals surface area contributed by atoms with Gasteiger partial charge in [-0.15, -0.1) is 11.3 Å². The molecule has 0 spiro atoms. The SMILES string of the molecule is CC[C@H](C)[C@@H]([C@@H](CC(=O)N1CCC[C@H]1[C@H](OC)[C@@H](C)C(=O)N[C@@H](Cc1ccccc1)c1nccs1)OC)N(C)C. The number of benzene rings is 1. The number of likely N-dealkylation sites (tertiary alicyclic amines) is 1. The van der Waals surface area contributed by atoms with Gasteiger partial charge in [0.05, 0.1) is 36.6 Å². The fraction of sp³-hybridized carbons (Fsp3) is 0.645. The predicted molar refractivity (Wildman–Crippen MR) is 160 cm³/mol. The second-order valence-electron chi connectivity index (χ2n) is 11.2. The fourth-order valence-electron chi connectivity index (χ4n) is 6.13. The van der Waals surface area contributed by atoms with Gasteiger partial charge in [0.15, 0.2) is 0 Å². The van der Waals surface area contributed by atoms with E-state index in [2.05, 4.69) is 41.2 Å². The molecule has 8 nitrogen and oxygen atoms in total. The minimum absolute atomic E-state index is 0.0592. The Kier molecular flexibility index (Phi) is 12.6. The number of thiazole rings is 1. The molecule has 1 aromatic carbocycles. The molecule has 0 unspecified atom stereocenters. The summed E-state index contributed by atoms with van der Waals surface area (Å²) >= 11 is 1.54. The molecule has 0 saturated carbocycles. The van der Waals surface area contributed by atoms with Crippen LogP contribution in [0.1, 0.15) is 63.1 Å². The van der Waals surface area contributed by atoms with Crippen LogP contribution in [-0.2, 0) is 25.5 Å². The molecule has 0 radical (unpaired) electrons. The Balaban J connectivity index is 1.72. The molecule has 1 saturated heterocycles. The lowest BCUT2D eigenvalue weighted by Crippen LogP contribution is -2.52. The van der Waals surface area contributed by atoms with Crippen molar-refractivity contribution in [2.24, 2.45) is 11.8 Å². The van der Waals surface area contributed by atoms with Crippen LogP contribution in [0.5, 0.6) is 0 Å². The molecule has 2 heterocycles. The van der Waals surface area contributed by atoms with E-state index < -0.39 is 12.0 Å². The zero-order valence-corrected chi connectivity index (χ0v) is 26.0. The van der Waals surface area contributed by atoms with Gasteiger partial charge in [-0.05, 0) is 44.8 Å². The molecule has 0 bridgehead atoms. The number of amides is 2. The van der Waals surface area contributed by atoms with Gasteiger partial charge in [-0.3, -0.25) is 9.59 Å². The van der Waals surface area contributed by atoms with E-state index >= 15 is 0 Å². The Labute approximate surface area is 244 Å². The van der Waals surface area contributed by atoms with E-state index in [-0.39, 0.29) is 36.0 Å². The monoisotopic (exact) mass is 572 g/mol. The van der Waals surface area contributed by atoms with Crippen molar-refractivity contribution in [2.75, 3.05) is 34.9 Å². The first-order valence-corrected chi connectivity index (χ1v) is 15.3. The van der Waals surface area contributed by atoms with Crippen molar-refractivity contribution in [3.05, 3.63) is 52.5 Å². The smallest absolute Gasteiger partial charge is 0.226 e. The van der Waals surface area contributed by atoms with Gasteiger partial charge in [-0.1, -0.05) is 57.5 Å². The average Bonchev–Trinajstić information content (AvgIpc) is 3.66. The maximum Gasteiger partial charge on any atom is 0.226 e. The summed E-state index contributed by atoms with van der Waals surface area (Å²) in [6.07, 6.45) is 4.80. The third-order valence-corrected chi connectivity index (χ3v) is 9.30. The van der Waals surface area contributed by atoms with E-state index in [0.29, 0.717) is 25.3 Å². The van der Waals surface area contributed by atoms with Gasteiger partial charge in [-0.2, -0.15) is 0 Å². The van der Waals surface area contributed by atoms with Gasteiger partial charge in [0.2, 0.25) is 11.8 Å². The molecule has 1 aliphatic rings. The highest BCUT2D eigenvalue weighted by Gasteiger charge is 2.41. The van der Waals surface area contributed by atoms with Crippen LogP contribution >= 0.6 is 11.3 Å². The quantitative estimate of drug-likeness (QED) is 0.337. The molecule has 1 aliphatic heterocycles. The lowest BCUT2D eigenvalue weighted by molar-refractivity contribution is -0.143. The topological polar surface area (TPSA) is 84.0 Å². The molecule has 0 aliphatic carbocycles. The number of hydrogen-bond donors (Lipinski definition) is 1. The third-order valence-electron chi connectivity index (χ3n) is 8.41. The molecule has 1 aromatic heterocycles. The summed E-state index contributed by atoms with van der Waals surface area (Å²) in [5, 5.41) is 6.04. The van der Waals surface area contributed by atoms with E-state index in [1.54, 1.807) is 20.4 Å². The maximum atomic E-state index is 13.7. The molecule has 1 fully saturated rings. The number of methoxy groups -OCH3 is 2.